The molecule has 9 heteroatoms. The van der Waals surface area contributed by atoms with Gasteiger partial charge in [0.05, 0.1) is 13.2 Å². The number of ether oxygens (including phenoxy) is 1. The number of rotatable bonds is 4. The number of thiocarbonyl (C=S) groups is 1. The van der Waals surface area contributed by atoms with Crippen LogP contribution in [0.25, 0.3) is 11.3 Å². The van der Waals surface area contributed by atoms with Crippen LogP contribution in [0, 0.1) is 0 Å². The fraction of sp³-hybridized carbons (Fsp3) is 0.174. The van der Waals surface area contributed by atoms with Crippen molar-refractivity contribution in [2.24, 2.45) is 0 Å². The molecule has 0 unspecified atom stereocenters. The number of nitrogens with zero attached hydrogens (tertiary/aromatic N) is 1. The fourth-order valence-electron chi connectivity index (χ4n) is 3.20. The van der Waals surface area contributed by atoms with E-state index in [1.807, 2.05) is 12.1 Å². The smallest absolute Gasteiger partial charge is 0.293 e. The van der Waals surface area contributed by atoms with Crippen LogP contribution in [0.3, 0.4) is 0 Å². The van der Waals surface area contributed by atoms with E-state index in [2.05, 4.69) is 10.6 Å². The summed E-state index contributed by atoms with van der Waals surface area (Å²) in [4.78, 5) is 26.7. The maximum Gasteiger partial charge on any atom is 0.293 e. The van der Waals surface area contributed by atoms with Gasteiger partial charge in [0.2, 0.25) is 0 Å². The van der Waals surface area contributed by atoms with Crippen molar-refractivity contribution in [3.8, 4) is 11.3 Å². The normalized spacial score (nSPS) is 13.5. The van der Waals surface area contributed by atoms with Crippen LogP contribution in [0.4, 0.5) is 5.69 Å². The maximum atomic E-state index is 12.5. The molecule has 2 heterocycles. The summed E-state index contributed by atoms with van der Waals surface area (Å²) in [6.45, 7) is 2.27. The van der Waals surface area contributed by atoms with Crippen molar-refractivity contribution >= 4 is 46.4 Å². The summed E-state index contributed by atoms with van der Waals surface area (Å²) in [5, 5.41) is 6.25. The number of carbonyl (C=O) groups is 2. The highest BCUT2D eigenvalue weighted by atomic mass is 35.5. The quantitative estimate of drug-likeness (QED) is 0.557. The highest BCUT2D eigenvalue weighted by Crippen LogP contribution is 2.24. The first-order valence-electron chi connectivity index (χ1n) is 9.95. The van der Waals surface area contributed by atoms with E-state index in [0.29, 0.717) is 48.3 Å². The van der Waals surface area contributed by atoms with E-state index >= 15 is 0 Å². The largest absolute Gasteiger partial charge is 0.451 e. The number of benzene rings is 2. The summed E-state index contributed by atoms with van der Waals surface area (Å²) in [7, 11) is 0. The second-order valence-electron chi connectivity index (χ2n) is 7.06. The summed E-state index contributed by atoms with van der Waals surface area (Å²) < 4.78 is 10.9. The highest BCUT2D eigenvalue weighted by Gasteiger charge is 2.18. The van der Waals surface area contributed by atoms with Crippen LogP contribution >= 0.6 is 23.8 Å². The molecule has 2 amide bonds. The molecule has 1 fully saturated rings. The van der Waals surface area contributed by atoms with Gasteiger partial charge in [0.25, 0.3) is 11.8 Å². The minimum absolute atomic E-state index is 0.0370. The summed E-state index contributed by atoms with van der Waals surface area (Å²) in [6, 6.07) is 17.3. The summed E-state index contributed by atoms with van der Waals surface area (Å²) in [5.74, 6) is 0.170. The van der Waals surface area contributed by atoms with E-state index in [4.69, 9.17) is 33.0 Å². The molecule has 0 saturated carbocycles. The number of carbonyl (C=O) groups excluding carboxylic acids is 2. The van der Waals surface area contributed by atoms with Crippen molar-refractivity contribution in [1.29, 1.82) is 0 Å². The van der Waals surface area contributed by atoms with E-state index in [9.17, 15) is 9.59 Å². The van der Waals surface area contributed by atoms with E-state index in [1.165, 1.54) is 0 Å². The highest BCUT2D eigenvalue weighted by molar-refractivity contribution is 7.80. The molecule has 1 aliphatic rings. The van der Waals surface area contributed by atoms with Crippen LogP contribution in [0.2, 0.25) is 5.02 Å². The lowest BCUT2D eigenvalue weighted by Crippen LogP contribution is -2.40. The van der Waals surface area contributed by atoms with Gasteiger partial charge in [-0.1, -0.05) is 11.6 Å². The lowest BCUT2D eigenvalue weighted by atomic mass is 10.1. The number of morpholine rings is 1. The number of amides is 2. The Morgan fingerprint density at radius 3 is 2.31 bits per heavy atom. The molecular formula is C23H20ClN3O4S. The van der Waals surface area contributed by atoms with Crippen molar-refractivity contribution in [2.75, 3.05) is 31.6 Å². The van der Waals surface area contributed by atoms with E-state index in [1.54, 1.807) is 53.4 Å². The van der Waals surface area contributed by atoms with E-state index in [0.717, 1.165) is 5.56 Å². The minimum atomic E-state index is -0.471. The van der Waals surface area contributed by atoms with E-state index < -0.39 is 5.91 Å². The molecule has 0 spiro atoms. The van der Waals surface area contributed by atoms with Gasteiger partial charge in [0, 0.05) is 34.9 Å². The van der Waals surface area contributed by atoms with Crippen LogP contribution in [0.5, 0.6) is 0 Å². The zero-order valence-electron chi connectivity index (χ0n) is 17.0. The third-order valence-electron chi connectivity index (χ3n) is 4.87. The summed E-state index contributed by atoms with van der Waals surface area (Å²) in [6.07, 6.45) is 0. The Balaban J connectivity index is 1.33. The Bertz CT molecular complexity index is 1120. The maximum absolute atomic E-state index is 12.5. The van der Waals surface area contributed by atoms with Crippen molar-refractivity contribution in [3.63, 3.8) is 0 Å². The van der Waals surface area contributed by atoms with Crippen LogP contribution in [-0.4, -0.2) is 48.1 Å². The minimum Gasteiger partial charge on any atom is -0.451 e. The average molecular weight is 470 g/mol. The molecular weight excluding hydrogens is 450 g/mol. The topological polar surface area (TPSA) is 83.8 Å². The lowest BCUT2D eigenvalue weighted by Gasteiger charge is -2.26. The lowest BCUT2D eigenvalue weighted by molar-refractivity contribution is 0.0303. The Kier molecular flexibility index (Phi) is 6.84. The molecule has 4 rings (SSSR count). The third kappa shape index (κ3) is 5.34. The Labute approximate surface area is 195 Å². The first-order valence-corrected chi connectivity index (χ1v) is 10.7. The number of furan rings is 1. The number of nitrogens with one attached hydrogen (secondary N) is 2. The van der Waals surface area contributed by atoms with Crippen molar-refractivity contribution < 1.29 is 18.7 Å². The number of anilines is 1. The molecule has 7 nitrogen and oxygen atoms in total. The zero-order valence-corrected chi connectivity index (χ0v) is 18.5. The first-order chi connectivity index (χ1) is 15.5. The molecule has 2 aromatic carbocycles. The predicted molar refractivity (Wildman–Crippen MR) is 126 cm³/mol. The molecule has 0 radical (unpaired) electrons. The van der Waals surface area contributed by atoms with Gasteiger partial charge in [-0.05, 0) is 72.9 Å². The predicted octanol–water partition coefficient (Wildman–Crippen LogP) is 4.20. The standard InChI is InChI=1S/C23H20ClN3O4S/c24-17-5-1-15(2-6-17)19-9-10-20(31-19)21(28)26-23(32)25-18-7-3-16(4-8-18)22(29)27-11-13-30-14-12-27/h1-10H,11-14H2,(H2,25,26,28,32). The van der Waals surface area contributed by atoms with Gasteiger partial charge < -0.3 is 19.4 Å². The van der Waals surface area contributed by atoms with Gasteiger partial charge in [-0.25, -0.2) is 0 Å². The molecule has 0 aliphatic carbocycles. The zero-order chi connectivity index (χ0) is 22.5. The van der Waals surface area contributed by atoms with Crippen LogP contribution < -0.4 is 10.6 Å². The van der Waals surface area contributed by atoms with Gasteiger partial charge in [-0.2, -0.15) is 0 Å². The first kappa shape index (κ1) is 22.0. The van der Waals surface area contributed by atoms with Gasteiger partial charge in [0.15, 0.2) is 10.9 Å². The number of hydrogen-bond acceptors (Lipinski definition) is 5. The van der Waals surface area contributed by atoms with Gasteiger partial charge in [-0.15, -0.1) is 0 Å². The Morgan fingerprint density at radius 1 is 0.938 bits per heavy atom. The van der Waals surface area contributed by atoms with Gasteiger partial charge in [0.1, 0.15) is 5.76 Å². The number of halogens is 1. The van der Waals surface area contributed by atoms with Gasteiger partial charge >= 0.3 is 0 Å². The fourth-order valence-corrected chi connectivity index (χ4v) is 3.54. The SMILES string of the molecule is O=C(NC(=S)Nc1ccc(C(=O)N2CCOCC2)cc1)c1ccc(-c2ccc(Cl)cc2)o1. The molecule has 0 atom stereocenters. The van der Waals surface area contributed by atoms with Crippen molar-refractivity contribution in [2.45, 2.75) is 0 Å². The number of hydrogen-bond donors (Lipinski definition) is 2. The van der Waals surface area contributed by atoms with Gasteiger partial charge in [-0.3, -0.25) is 14.9 Å². The van der Waals surface area contributed by atoms with Crippen molar-refractivity contribution in [3.05, 3.63) is 77.0 Å². The molecule has 1 aliphatic heterocycles. The second-order valence-corrected chi connectivity index (χ2v) is 7.91. The average Bonchev–Trinajstić information content (AvgIpc) is 3.31. The molecule has 0 bridgehead atoms. The molecule has 164 valence electrons. The molecule has 3 aromatic rings. The van der Waals surface area contributed by atoms with Crippen LogP contribution in [0.1, 0.15) is 20.9 Å². The Hall–Kier alpha value is -3.20. The van der Waals surface area contributed by atoms with Crippen LogP contribution in [0.15, 0.2) is 65.1 Å². The molecule has 1 aromatic heterocycles. The van der Waals surface area contributed by atoms with E-state index in [-0.39, 0.29) is 16.8 Å². The van der Waals surface area contributed by atoms with Crippen molar-refractivity contribution in [1.82, 2.24) is 10.2 Å². The third-order valence-corrected chi connectivity index (χ3v) is 5.33. The van der Waals surface area contributed by atoms with Crippen LogP contribution in [-0.2, 0) is 4.74 Å². The molecule has 1 saturated heterocycles. The summed E-state index contributed by atoms with van der Waals surface area (Å²) in [5.41, 5.74) is 2.04. The Morgan fingerprint density at radius 2 is 1.62 bits per heavy atom. The molecule has 32 heavy (non-hydrogen) atoms. The molecule has 2 N–H and O–H groups in total. The monoisotopic (exact) mass is 469 g/mol. The second kappa shape index (κ2) is 9.95. The summed E-state index contributed by atoms with van der Waals surface area (Å²) >= 11 is 11.1.